The number of alkyl halides is 17. The second kappa shape index (κ2) is 14.5. The van der Waals surface area contributed by atoms with Gasteiger partial charge in [0, 0.05) is 41.7 Å². The summed E-state index contributed by atoms with van der Waals surface area (Å²) in [7, 11) is 0. The van der Waals surface area contributed by atoms with Gasteiger partial charge < -0.3 is 14.1 Å². The predicted octanol–water partition coefficient (Wildman–Crippen LogP) is 11.7. The van der Waals surface area contributed by atoms with Crippen LogP contribution >= 0.6 is 0 Å². The van der Waals surface area contributed by atoms with E-state index in [0.29, 0.717) is 24.8 Å². The third-order valence-electron chi connectivity index (χ3n) is 8.29. The maximum atomic E-state index is 15.2. The van der Waals surface area contributed by atoms with Crippen LogP contribution in [0, 0.1) is 0 Å². The van der Waals surface area contributed by atoms with Crippen LogP contribution in [0.15, 0.2) is 63.0 Å². The zero-order valence-electron chi connectivity index (χ0n) is 27.8. The largest absolute Gasteiger partial charge is 0.453 e. The van der Waals surface area contributed by atoms with E-state index in [2.05, 4.69) is 9.72 Å². The van der Waals surface area contributed by atoms with Gasteiger partial charge in [-0.25, -0.2) is 13.8 Å². The average molecular weight is 821 g/mol. The molecule has 1 aliphatic heterocycles. The second-order valence-electron chi connectivity index (χ2n) is 12.1. The summed E-state index contributed by atoms with van der Waals surface area (Å²) in [6, 6.07) is 6.03. The standard InChI is InChI=1S/C33H25F17N2O3/c1-3-5-11-52(12-6-4-2)16-7-10-20-22(13-16)55-23-15-21(53)18-9-8-17(14-19(18)24(23)51-20)54-26(29(36,37)38)25(27(34,30(39,40)41)31(42,43)44)28(35,32(45,46)47)33(48,49)50/h7-10,13-15H,3-6,11-12H2,1-2H3. The highest BCUT2D eigenvalue weighted by atomic mass is 19.4. The molecule has 0 radical (unpaired) electrons. The van der Waals surface area contributed by atoms with Crippen molar-refractivity contribution in [2.75, 3.05) is 18.0 Å². The van der Waals surface area contributed by atoms with Crippen LogP contribution < -0.4 is 15.1 Å². The van der Waals surface area contributed by atoms with Crippen molar-refractivity contribution < 1.29 is 83.8 Å². The molecule has 4 rings (SSSR count). The molecular weight excluding hydrogens is 795 g/mol. The summed E-state index contributed by atoms with van der Waals surface area (Å²) < 4.78 is 247. The Hall–Kier alpha value is -4.53. The number of halogens is 17. The zero-order chi connectivity index (χ0) is 41.7. The van der Waals surface area contributed by atoms with Gasteiger partial charge in [0.05, 0.1) is 5.57 Å². The lowest BCUT2D eigenvalue weighted by atomic mass is 9.79. The van der Waals surface area contributed by atoms with Crippen LogP contribution in [-0.4, -0.2) is 60.3 Å². The molecular formula is C33H25F17N2O3. The highest BCUT2D eigenvalue weighted by Crippen LogP contribution is 2.63. The molecule has 0 atom stereocenters. The fourth-order valence-electron chi connectivity index (χ4n) is 5.58. The number of fused-ring (bicyclic) bond motifs is 4. The molecule has 0 saturated heterocycles. The smallest absolute Gasteiger partial charge is 0.449 e. The molecule has 0 fully saturated rings. The van der Waals surface area contributed by atoms with Crippen molar-refractivity contribution in [3.05, 3.63) is 64.0 Å². The molecule has 1 aliphatic carbocycles. The van der Waals surface area contributed by atoms with Gasteiger partial charge in [-0.2, -0.15) is 65.9 Å². The zero-order valence-corrected chi connectivity index (χ0v) is 27.8. The van der Waals surface area contributed by atoms with Gasteiger partial charge in [0.1, 0.15) is 17.0 Å². The molecule has 0 bridgehead atoms. The van der Waals surface area contributed by atoms with E-state index in [1.807, 2.05) is 18.7 Å². The molecule has 2 aliphatic rings. The first kappa shape index (κ1) is 43.2. The lowest BCUT2D eigenvalue weighted by Crippen LogP contribution is -2.67. The number of ether oxygens (including phenoxy) is 1. The normalized spacial score (nSPS) is 13.9. The Morgan fingerprint density at radius 3 is 1.64 bits per heavy atom. The minimum absolute atomic E-state index is 0.0123. The highest BCUT2D eigenvalue weighted by Gasteiger charge is 2.88. The summed E-state index contributed by atoms with van der Waals surface area (Å²) in [5.41, 5.74) is -23.1. The number of unbranched alkanes of at least 4 members (excludes halogenated alkanes) is 2. The van der Waals surface area contributed by atoms with Gasteiger partial charge in [-0.3, -0.25) is 4.79 Å². The molecule has 0 saturated carbocycles. The summed E-state index contributed by atoms with van der Waals surface area (Å²) in [6.45, 7) is 5.18. The first-order chi connectivity index (χ1) is 25.0. The minimum atomic E-state index is -8.34. The molecule has 304 valence electrons. The molecule has 55 heavy (non-hydrogen) atoms. The Balaban J connectivity index is 2.07. The van der Waals surface area contributed by atoms with Gasteiger partial charge in [0.2, 0.25) is 5.76 Å². The summed E-state index contributed by atoms with van der Waals surface area (Å²) in [6.07, 6.45) is -36.7. The highest BCUT2D eigenvalue weighted by molar-refractivity contribution is 5.97. The Kier molecular flexibility index (Phi) is 11.4. The molecule has 0 amide bonds. The van der Waals surface area contributed by atoms with Gasteiger partial charge in [0.15, 0.2) is 16.8 Å². The van der Waals surface area contributed by atoms with E-state index in [1.54, 1.807) is 6.07 Å². The summed E-state index contributed by atoms with van der Waals surface area (Å²) in [5.74, 6) is -6.92. The van der Waals surface area contributed by atoms with Crippen molar-refractivity contribution in [1.29, 1.82) is 0 Å². The number of aromatic nitrogens is 1. The van der Waals surface area contributed by atoms with Crippen molar-refractivity contribution in [3.63, 3.8) is 0 Å². The molecule has 2 aromatic rings. The summed E-state index contributed by atoms with van der Waals surface area (Å²) >= 11 is 0. The molecule has 0 aromatic heterocycles. The number of benzene rings is 3. The van der Waals surface area contributed by atoms with Crippen LogP contribution in [0.5, 0.6) is 5.75 Å². The molecule has 0 spiro atoms. The number of allylic oxidation sites excluding steroid dienone is 2. The Morgan fingerprint density at radius 2 is 1.18 bits per heavy atom. The van der Waals surface area contributed by atoms with Crippen LogP contribution in [0.2, 0.25) is 0 Å². The van der Waals surface area contributed by atoms with E-state index in [4.69, 9.17) is 4.42 Å². The Labute approximate surface area is 297 Å². The molecule has 1 heterocycles. The van der Waals surface area contributed by atoms with Crippen LogP contribution in [-0.2, 0) is 0 Å². The van der Waals surface area contributed by atoms with E-state index in [0.717, 1.165) is 31.7 Å². The quantitative estimate of drug-likeness (QED) is 0.0653. The van der Waals surface area contributed by atoms with Gasteiger partial charge in [0.25, 0.3) is 0 Å². The van der Waals surface area contributed by atoms with Crippen molar-refractivity contribution in [1.82, 2.24) is 4.98 Å². The van der Waals surface area contributed by atoms with Crippen molar-refractivity contribution in [2.24, 2.45) is 0 Å². The number of hydrogen-bond donors (Lipinski definition) is 0. The number of hydrogen-bond acceptors (Lipinski definition) is 5. The third kappa shape index (κ3) is 7.81. The monoisotopic (exact) mass is 820 g/mol. The lowest BCUT2D eigenvalue weighted by Gasteiger charge is -2.41. The molecule has 5 nitrogen and oxygen atoms in total. The van der Waals surface area contributed by atoms with Gasteiger partial charge in [-0.15, -0.1) is 0 Å². The number of rotatable bonds is 11. The molecule has 0 unspecified atom stereocenters. The van der Waals surface area contributed by atoms with E-state index in [-0.39, 0.29) is 23.2 Å². The fraction of sp³-hybridized carbons (Fsp3) is 0.455. The first-order valence-electron chi connectivity index (χ1n) is 15.8. The summed E-state index contributed by atoms with van der Waals surface area (Å²) in [4.78, 5) is 19.2. The average Bonchev–Trinajstić information content (AvgIpc) is 3.04. The van der Waals surface area contributed by atoms with Gasteiger partial charge in [-0.1, -0.05) is 26.7 Å². The lowest BCUT2D eigenvalue weighted by molar-refractivity contribution is -0.365. The number of anilines is 1. The second-order valence-corrected chi connectivity index (χ2v) is 12.1. The number of nitrogens with zero attached hydrogens (tertiary/aromatic N) is 2. The molecule has 22 heteroatoms. The van der Waals surface area contributed by atoms with E-state index in [9.17, 15) is 70.7 Å². The molecule has 2 aromatic carbocycles. The third-order valence-corrected chi connectivity index (χ3v) is 8.29. The van der Waals surface area contributed by atoms with Crippen molar-refractivity contribution in [3.8, 4) is 17.2 Å². The molecule has 0 N–H and O–H groups in total. The fourth-order valence-corrected chi connectivity index (χ4v) is 5.58. The van der Waals surface area contributed by atoms with Crippen LogP contribution in [0.3, 0.4) is 0 Å². The Bertz CT molecular complexity index is 2000. The van der Waals surface area contributed by atoms with E-state index in [1.165, 1.54) is 12.1 Å². The van der Waals surface area contributed by atoms with Crippen molar-refractivity contribution in [2.45, 2.75) is 81.7 Å². The van der Waals surface area contributed by atoms with E-state index >= 15 is 8.78 Å². The topological polar surface area (TPSA) is 55.6 Å². The van der Waals surface area contributed by atoms with Crippen LogP contribution in [0.4, 0.5) is 80.3 Å². The predicted molar refractivity (Wildman–Crippen MR) is 162 cm³/mol. The minimum Gasteiger partial charge on any atom is -0.453 e. The maximum absolute atomic E-state index is 15.2. The van der Waals surface area contributed by atoms with Gasteiger partial charge in [-0.05, 0) is 43.2 Å². The van der Waals surface area contributed by atoms with Crippen LogP contribution in [0.25, 0.3) is 33.3 Å². The van der Waals surface area contributed by atoms with E-state index < -0.39 is 87.0 Å². The Morgan fingerprint density at radius 1 is 0.673 bits per heavy atom. The maximum Gasteiger partial charge on any atom is 0.449 e. The van der Waals surface area contributed by atoms with Crippen molar-refractivity contribution >= 4 is 27.6 Å². The first-order valence-corrected chi connectivity index (χ1v) is 15.8. The van der Waals surface area contributed by atoms with Crippen LogP contribution in [0.1, 0.15) is 39.5 Å². The van der Waals surface area contributed by atoms with Gasteiger partial charge >= 0.3 is 42.2 Å². The SMILES string of the molecule is CCCCN(CCCC)c1ccc2nc3c4cc(OC(=C(C(F)(C(F)(F)F)C(F)(F)F)C(F)(C(F)(F)F)C(F)(F)F)C(F)(F)F)ccc4c(=O)cc-3oc2c1. The summed E-state index contributed by atoms with van der Waals surface area (Å²) in [5, 5.41) is -1.25.